The van der Waals surface area contributed by atoms with E-state index in [2.05, 4.69) is 0 Å². The van der Waals surface area contributed by atoms with Gasteiger partial charge in [0.25, 0.3) is 0 Å². The van der Waals surface area contributed by atoms with Crippen molar-refractivity contribution in [3.05, 3.63) is 52.3 Å². The fourth-order valence-corrected chi connectivity index (χ4v) is 1.30. The Labute approximate surface area is 96.8 Å². The number of nitro groups is 1. The number of rotatable bonds is 4. The van der Waals surface area contributed by atoms with Crippen LogP contribution in [0.25, 0.3) is 0 Å². The number of furan rings is 1. The molecule has 0 aliphatic rings. The lowest BCUT2D eigenvalue weighted by atomic mass is 10.3. The quantitative estimate of drug-likeness (QED) is 0.498. The second-order valence-corrected chi connectivity index (χ2v) is 3.32. The minimum absolute atomic E-state index is 0.0993. The predicted octanol–water partition coefficient (Wildman–Crippen LogP) is 2.35. The predicted molar refractivity (Wildman–Crippen MR) is 60.5 cm³/mol. The van der Waals surface area contributed by atoms with E-state index in [-0.39, 0.29) is 12.5 Å². The second kappa shape index (κ2) is 4.56. The highest BCUT2D eigenvalue weighted by atomic mass is 16.6. The van der Waals surface area contributed by atoms with E-state index in [0.717, 1.165) is 0 Å². The van der Waals surface area contributed by atoms with Gasteiger partial charge in [0.2, 0.25) is 0 Å². The molecule has 0 atom stereocenters. The molecule has 6 heteroatoms. The van der Waals surface area contributed by atoms with Crippen LogP contribution in [-0.2, 0) is 6.61 Å². The van der Waals surface area contributed by atoms with Gasteiger partial charge in [0.05, 0.1) is 11.8 Å². The summed E-state index contributed by atoms with van der Waals surface area (Å²) in [7, 11) is 0. The molecule has 88 valence electrons. The standard InChI is InChI=1S/C11H10N2O4/c12-9-3-1-2-4-10(9)16-7-8-5-6-11(17-8)13(14)15/h1-6H,7,12H2. The number of anilines is 1. The van der Waals surface area contributed by atoms with Crippen molar-refractivity contribution in [3.63, 3.8) is 0 Å². The molecular weight excluding hydrogens is 224 g/mol. The first-order valence-electron chi connectivity index (χ1n) is 4.87. The third kappa shape index (κ3) is 2.54. The first kappa shape index (κ1) is 11.0. The van der Waals surface area contributed by atoms with Gasteiger partial charge in [0, 0.05) is 0 Å². The number of benzene rings is 1. The maximum atomic E-state index is 10.4. The van der Waals surface area contributed by atoms with Crippen molar-refractivity contribution < 1.29 is 14.1 Å². The first-order chi connectivity index (χ1) is 8.16. The summed E-state index contributed by atoms with van der Waals surface area (Å²) in [6, 6.07) is 9.78. The Balaban J connectivity index is 2.02. The number of para-hydroxylation sites is 2. The van der Waals surface area contributed by atoms with Crippen molar-refractivity contribution in [2.45, 2.75) is 6.61 Å². The molecule has 0 fully saturated rings. The van der Waals surface area contributed by atoms with Gasteiger partial charge < -0.3 is 14.9 Å². The minimum Gasteiger partial charge on any atom is -0.483 e. The van der Waals surface area contributed by atoms with Crippen LogP contribution < -0.4 is 10.5 Å². The van der Waals surface area contributed by atoms with Crippen LogP contribution in [0, 0.1) is 10.1 Å². The summed E-state index contributed by atoms with van der Waals surface area (Å²) in [6.07, 6.45) is 0. The molecular formula is C11H10N2O4. The Morgan fingerprint density at radius 3 is 2.71 bits per heavy atom. The summed E-state index contributed by atoms with van der Waals surface area (Å²) < 4.78 is 10.3. The molecule has 0 amide bonds. The van der Waals surface area contributed by atoms with Crippen molar-refractivity contribution in [3.8, 4) is 5.75 Å². The number of nitrogens with two attached hydrogens (primary N) is 1. The number of ether oxygens (including phenoxy) is 1. The maximum Gasteiger partial charge on any atom is 0.433 e. The second-order valence-electron chi connectivity index (χ2n) is 3.32. The SMILES string of the molecule is Nc1ccccc1OCc1ccc([N+](=O)[O-])o1. The molecule has 1 aromatic carbocycles. The Hall–Kier alpha value is -2.50. The van der Waals surface area contributed by atoms with E-state index in [1.54, 1.807) is 24.3 Å². The fourth-order valence-electron chi connectivity index (χ4n) is 1.30. The Morgan fingerprint density at radius 1 is 1.29 bits per heavy atom. The summed E-state index contributed by atoms with van der Waals surface area (Å²) in [4.78, 5) is 9.80. The largest absolute Gasteiger partial charge is 0.483 e. The summed E-state index contributed by atoms with van der Waals surface area (Å²) in [6.45, 7) is 0.0993. The van der Waals surface area contributed by atoms with Gasteiger partial charge in [0.15, 0.2) is 0 Å². The zero-order valence-electron chi connectivity index (χ0n) is 8.83. The molecule has 0 unspecified atom stereocenters. The number of hydrogen-bond acceptors (Lipinski definition) is 5. The molecule has 17 heavy (non-hydrogen) atoms. The Morgan fingerprint density at radius 2 is 2.06 bits per heavy atom. The Kier molecular flexibility index (Phi) is 2.95. The highest BCUT2D eigenvalue weighted by Crippen LogP contribution is 2.22. The van der Waals surface area contributed by atoms with Crippen molar-refractivity contribution >= 4 is 11.6 Å². The number of hydrogen-bond donors (Lipinski definition) is 1. The zero-order valence-corrected chi connectivity index (χ0v) is 8.83. The normalized spacial score (nSPS) is 10.1. The van der Waals surface area contributed by atoms with E-state index in [0.29, 0.717) is 17.2 Å². The third-order valence-corrected chi connectivity index (χ3v) is 2.12. The molecule has 0 saturated carbocycles. The minimum atomic E-state index is -0.597. The molecule has 0 spiro atoms. The lowest BCUT2D eigenvalue weighted by Gasteiger charge is -2.06. The molecule has 2 N–H and O–H groups in total. The van der Waals surface area contributed by atoms with Crippen LogP contribution in [-0.4, -0.2) is 4.92 Å². The van der Waals surface area contributed by atoms with Gasteiger partial charge in [-0.15, -0.1) is 0 Å². The molecule has 0 radical (unpaired) electrons. The topological polar surface area (TPSA) is 91.5 Å². The van der Waals surface area contributed by atoms with E-state index in [1.165, 1.54) is 12.1 Å². The highest BCUT2D eigenvalue weighted by molar-refractivity contribution is 5.51. The molecule has 6 nitrogen and oxygen atoms in total. The van der Waals surface area contributed by atoms with E-state index in [4.69, 9.17) is 14.9 Å². The Bertz CT molecular complexity index is 536. The van der Waals surface area contributed by atoms with E-state index < -0.39 is 4.92 Å². The van der Waals surface area contributed by atoms with Crippen LogP contribution in [0.3, 0.4) is 0 Å². The highest BCUT2D eigenvalue weighted by Gasteiger charge is 2.12. The third-order valence-electron chi connectivity index (χ3n) is 2.12. The van der Waals surface area contributed by atoms with Gasteiger partial charge in [-0.3, -0.25) is 10.1 Å². The molecule has 2 aromatic rings. The van der Waals surface area contributed by atoms with Gasteiger partial charge in [-0.1, -0.05) is 12.1 Å². The summed E-state index contributed by atoms with van der Waals surface area (Å²) >= 11 is 0. The molecule has 0 aliphatic carbocycles. The smallest absolute Gasteiger partial charge is 0.433 e. The fraction of sp³-hybridized carbons (Fsp3) is 0.0909. The zero-order chi connectivity index (χ0) is 12.3. The maximum absolute atomic E-state index is 10.4. The average molecular weight is 234 g/mol. The number of nitrogen functional groups attached to an aromatic ring is 1. The van der Waals surface area contributed by atoms with Gasteiger partial charge >= 0.3 is 5.88 Å². The summed E-state index contributed by atoms with van der Waals surface area (Å²) in [5.74, 6) is 0.594. The van der Waals surface area contributed by atoms with E-state index >= 15 is 0 Å². The monoisotopic (exact) mass is 234 g/mol. The van der Waals surface area contributed by atoms with Gasteiger partial charge in [0.1, 0.15) is 23.0 Å². The van der Waals surface area contributed by atoms with Crippen LogP contribution in [0.15, 0.2) is 40.8 Å². The van der Waals surface area contributed by atoms with Gasteiger partial charge in [-0.05, 0) is 18.2 Å². The van der Waals surface area contributed by atoms with E-state index in [1.807, 2.05) is 0 Å². The van der Waals surface area contributed by atoms with Crippen LogP contribution >= 0.6 is 0 Å². The summed E-state index contributed by atoms with van der Waals surface area (Å²) in [5.41, 5.74) is 6.18. The van der Waals surface area contributed by atoms with Gasteiger partial charge in [-0.2, -0.15) is 0 Å². The molecule has 2 rings (SSSR count). The van der Waals surface area contributed by atoms with Crippen LogP contribution in [0.5, 0.6) is 5.75 Å². The number of nitrogens with zero attached hydrogens (tertiary/aromatic N) is 1. The lowest BCUT2D eigenvalue weighted by Crippen LogP contribution is -1.97. The van der Waals surface area contributed by atoms with Crippen molar-refractivity contribution in [1.29, 1.82) is 0 Å². The van der Waals surface area contributed by atoms with Crippen molar-refractivity contribution in [1.82, 2.24) is 0 Å². The molecule has 0 bridgehead atoms. The van der Waals surface area contributed by atoms with Crippen molar-refractivity contribution in [2.24, 2.45) is 0 Å². The molecule has 0 saturated heterocycles. The van der Waals surface area contributed by atoms with Crippen molar-refractivity contribution in [2.75, 3.05) is 5.73 Å². The van der Waals surface area contributed by atoms with Crippen LogP contribution in [0.2, 0.25) is 0 Å². The van der Waals surface area contributed by atoms with Crippen LogP contribution in [0.4, 0.5) is 11.6 Å². The lowest BCUT2D eigenvalue weighted by molar-refractivity contribution is -0.402. The van der Waals surface area contributed by atoms with Gasteiger partial charge in [-0.25, -0.2) is 0 Å². The first-order valence-corrected chi connectivity index (χ1v) is 4.87. The molecule has 1 heterocycles. The van der Waals surface area contributed by atoms with E-state index in [9.17, 15) is 10.1 Å². The average Bonchev–Trinajstić information content (AvgIpc) is 2.77. The van der Waals surface area contributed by atoms with Crippen LogP contribution in [0.1, 0.15) is 5.76 Å². The summed E-state index contributed by atoms with van der Waals surface area (Å²) in [5, 5.41) is 10.4. The molecule has 1 aromatic heterocycles. The molecule has 0 aliphatic heterocycles.